The quantitative estimate of drug-likeness (QED) is 0.173. The molecule has 0 radical (unpaired) electrons. The fourth-order valence-electron chi connectivity index (χ4n) is 4.96. The summed E-state index contributed by atoms with van der Waals surface area (Å²) < 4.78 is 0. The number of phenolic OH excluding ortho intramolecular Hbond substituents is 5. The van der Waals surface area contributed by atoms with Crippen molar-refractivity contribution in [2.75, 3.05) is 0 Å². The van der Waals surface area contributed by atoms with Crippen molar-refractivity contribution in [3.8, 4) is 51.0 Å². The van der Waals surface area contributed by atoms with Gasteiger partial charge < -0.3 is 25.5 Å². The average Bonchev–Trinajstić information content (AvgIpc) is 2.89. The van der Waals surface area contributed by atoms with Crippen LogP contribution in [0.25, 0.3) is 22.3 Å². The van der Waals surface area contributed by atoms with Crippen LogP contribution in [0, 0.1) is 0 Å². The topological polar surface area (TPSA) is 101 Å². The molecule has 0 heterocycles. The maximum Gasteiger partial charge on any atom is 0.127 e. The van der Waals surface area contributed by atoms with Gasteiger partial charge in [0.2, 0.25) is 0 Å². The van der Waals surface area contributed by atoms with E-state index in [0.717, 1.165) is 11.1 Å². The minimum atomic E-state index is -1.16. The van der Waals surface area contributed by atoms with Gasteiger partial charge in [-0.15, -0.1) is 0 Å². The second-order valence-corrected chi connectivity index (χ2v) is 9.18. The predicted molar refractivity (Wildman–Crippen MR) is 144 cm³/mol. The van der Waals surface area contributed by atoms with Gasteiger partial charge in [0.05, 0.1) is 5.56 Å². The van der Waals surface area contributed by atoms with Crippen molar-refractivity contribution >= 4 is 0 Å². The van der Waals surface area contributed by atoms with E-state index < -0.39 is 5.41 Å². The SMILES string of the molecule is CC(c1ccc(O)c(-c2ccccc2)c1)(c1ccc(O)c(-c2ccccc2)c1)c1c(O)cc(O)cc1O. The van der Waals surface area contributed by atoms with Crippen LogP contribution in [0.15, 0.2) is 109 Å². The van der Waals surface area contributed by atoms with E-state index in [2.05, 4.69) is 0 Å². The summed E-state index contributed by atoms with van der Waals surface area (Å²) in [5.41, 5.74) is 3.15. The molecule has 5 aromatic rings. The van der Waals surface area contributed by atoms with E-state index in [-0.39, 0.29) is 34.3 Å². The molecule has 0 aromatic heterocycles. The maximum atomic E-state index is 11.0. The standard InChI is InChI=1S/C32H26O5/c1-32(31-29(36)18-24(33)19-30(31)37,22-12-14-27(34)25(16-22)20-8-4-2-5-9-20)23-13-15-28(35)26(17-23)21-10-6-3-7-11-21/h2-19,33-37H,1H3. The van der Waals surface area contributed by atoms with Gasteiger partial charge in [0.25, 0.3) is 0 Å². The van der Waals surface area contributed by atoms with Crippen LogP contribution in [0.3, 0.4) is 0 Å². The molecule has 0 aliphatic carbocycles. The van der Waals surface area contributed by atoms with Gasteiger partial charge in [-0.2, -0.15) is 0 Å². The number of hydrogen-bond donors (Lipinski definition) is 5. The molecule has 184 valence electrons. The van der Waals surface area contributed by atoms with Crippen molar-refractivity contribution < 1.29 is 25.5 Å². The van der Waals surface area contributed by atoms with E-state index in [4.69, 9.17) is 0 Å². The van der Waals surface area contributed by atoms with E-state index in [0.29, 0.717) is 22.3 Å². The highest BCUT2D eigenvalue weighted by Gasteiger charge is 2.37. The minimum absolute atomic E-state index is 0.0899. The Morgan fingerprint density at radius 3 is 1.27 bits per heavy atom. The Hall–Kier alpha value is -4.90. The molecule has 0 spiro atoms. The van der Waals surface area contributed by atoms with Crippen LogP contribution in [-0.4, -0.2) is 25.5 Å². The Morgan fingerprint density at radius 1 is 0.459 bits per heavy atom. The molecule has 0 saturated heterocycles. The molecule has 0 amide bonds. The first-order valence-corrected chi connectivity index (χ1v) is 11.8. The monoisotopic (exact) mass is 490 g/mol. The lowest BCUT2D eigenvalue weighted by Gasteiger charge is -2.34. The third-order valence-corrected chi connectivity index (χ3v) is 6.90. The van der Waals surface area contributed by atoms with Crippen molar-refractivity contribution in [3.05, 3.63) is 126 Å². The molecule has 5 N–H and O–H groups in total. The summed E-state index contributed by atoms with van der Waals surface area (Å²) >= 11 is 0. The summed E-state index contributed by atoms with van der Waals surface area (Å²) in [6.45, 7) is 1.85. The number of benzene rings is 5. The molecule has 0 atom stereocenters. The van der Waals surface area contributed by atoms with Gasteiger partial charge in [0.15, 0.2) is 0 Å². The van der Waals surface area contributed by atoms with Crippen LogP contribution in [0.4, 0.5) is 0 Å². The van der Waals surface area contributed by atoms with E-state index in [1.54, 1.807) is 24.3 Å². The smallest absolute Gasteiger partial charge is 0.127 e. The first kappa shape index (κ1) is 23.8. The van der Waals surface area contributed by atoms with Crippen molar-refractivity contribution in [1.29, 1.82) is 0 Å². The summed E-state index contributed by atoms with van der Waals surface area (Å²) in [6, 6.07) is 31.5. The Morgan fingerprint density at radius 2 is 0.865 bits per heavy atom. The minimum Gasteiger partial charge on any atom is -0.508 e. The molecule has 0 aliphatic heterocycles. The molecule has 0 saturated carbocycles. The van der Waals surface area contributed by atoms with Crippen LogP contribution in [-0.2, 0) is 5.41 Å². The lowest BCUT2D eigenvalue weighted by molar-refractivity contribution is 0.407. The summed E-state index contributed by atoms with van der Waals surface area (Å²) in [4.78, 5) is 0. The van der Waals surface area contributed by atoms with Crippen molar-refractivity contribution in [2.45, 2.75) is 12.3 Å². The number of hydrogen-bond acceptors (Lipinski definition) is 5. The predicted octanol–water partition coefficient (Wildman–Crippen LogP) is 6.90. The molecule has 5 heteroatoms. The van der Waals surface area contributed by atoms with Crippen LogP contribution < -0.4 is 0 Å². The van der Waals surface area contributed by atoms with Crippen LogP contribution in [0.1, 0.15) is 23.6 Å². The maximum absolute atomic E-state index is 11.0. The zero-order valence-electron chi connectivity index (χ0n) is 20.1. The molecule has 0 unspecified atom stereocenters. The highest BCUT2D eigenvalue weighted by Crippen LogP contribution is 2.50. The average molecular weight is 491 g/mol. The number of aromatic hydroxyl groups is 5. The number of phenols is 5. The lowest BCUT2D eigenvalue weighted by Crippen LogP contribution is -2.26. The largest absolute Gasteiger partial charge is 0.508 e. The molecule has 0 fully saturated rings. The van der Waals surface area contributed by atoms with Gasteiger partial charge in [0.1, 0.15) is 28.7 Å². The van der Waals surface area contributed by atoms with E-state index >= 15 is 0 Å². The lowest BCUT2D eigenvalue weighted by atomic mass is 9.69. The first-order chi connectivity index (χ1) is 17.8. The number of rotatable bonds is 5. The van der Waals surface area contributed by atoms with Gasteiger partial charge in [0, 0.05) is 28.7 Å². The zero-order valence-corrected chi connectivity index (χ0v) is 20.1. The Kier molecular flexibility index (Phi) is 5.98. The van der Waals surface area contributed by atoms with Gasteiger partial charge in [-0.3, -0.25) is 0 Å². The van der Waals surface area contributed by atoms with Crippen molar-refractivity contribution in [1.82, 2.24) is 0 Å². The van der Waals surface area contributed by atoms with Crippen molar-refractivity contribution in [2.24, 2.45) is 0 Å². The summed E-state index contributed by atoms with van der Waals surface area (Å²) in [7, 11) is 0. The molecule has 0 aliphatic rings. The molecule has 5 rings (SSSR count). The third-order valence-electron chi connectivity index (χ3n) is 6.90. The summed E-state index contributed by atoms with van der Waals surface area (Å²) in [5, 5.41) is 53.4. The van der Waals surface area contributed by atoms with E-state index in [1.807, 2.05) is 79.7 Å². The third kappa shape index (κ3) is 4.21. The summed E-state index contributed by atoms with van der Waals surface area (Å²) in [6.07, 6.45) is 0. The van der Waals surface area contributed by atoms with Gasteiger partial charge in [-0.1, -0.05) is 72.8 Å². The molecule has 5 aromatic carbocycles. The molecule has 5 nitrogen and oxygen atoms in total. The normalized spacial score (nSPS) is 11.4. The first-order valence-electron chi connectivity index (χ1n) is 11.8. The Labute approximate surface area is 214 Å². The Balaban J connectivity index is 1.82. The van der Waals surface area contributed by atoms with E-state index in [9.17, 15) is 25.5 Å². The fourth-order valence-corrected chi connectivity index (χ4v) is 4.96. The molecular formula is C32H26O5. The highest BCUT2D eigenvalue weighted by molar-refractivity contribution is 5.75. The summed E-state index contributed by atoms with van der Waals surface area (Å²) in [5.74, 6) is -0.668. The van der Waals surface area contributed by atoms with Crippen LogP contribution in [0.2, 0.25) is 0 Å². The Bertz CT molecular complexity index is 1460. The molecule has 0 bridgehead atoms. The van der Waals surface area contributed by atoms with Gasteiger partial charge >= 0.3 is 0 Å². The zero-order chi connectivity index (χ0) is 26.2. The fraction of sp³-hybridized carbons (Fsp3) is 0.0625. The van der Waals surface area contributed by atoms with Crippen LogP contribution in [0.5, 0.6) is 28.7 Å². The second-order valence-electron chi connectivity index (χ2n) is 9.18. The second kappa shape index (κ2) is 9.28. The van der Waals surface area contributed by atoms with Gasteiger partial charge in [-0.25, -0.2) is 0 Å². The van der Waals surface area contributed by atoms with Gasteiger partial charge in [-0.05, 0) is 53.4 Å². The molecular weight excluding hydrogens is 464 g/mol. The highest BCUT2D eigenvalue weighted by atomic mass is 16.3. The van der Waals surface area contributed by atoms with Crippen molar-refractivity contribution in [3.63, 3.8) is 0 Å². The van der Waals surface area contributed by atoms with E-state index in [1.165, 1.54) is 12.1 Å². The van der Waals surface area contributed by atoms with Crippen LogP contribution >= 0.6 is 0 Å². The molecule has 37 heavy (non-hydrogen) atoms.